The number of aliphatic imine (C=N–C) groups is 1. The van der Waals surface area contributed by atoms with Crippen molar-refractivity contribution in [3.63, 3.8) is 0 Å². The second-order valence-electron chi connectivity index (χ2n) is 8.90. The molecule has 11 heteroatoms. The molecular formula is C29H31N5O6. The minimum atomic E-state index is -1.21. The molecule has 1 aliphatic rings. The first-order valence-electron chi connectivity index (χ1n) is 12.5. The molecule has 1 heterocycles. The molecule has 0 spiro atoms. The topological polar surface area (TPSA) is 131 Å². The minimum absolute atomic E-state index is 0.354. The van der Waals surface area contributed by atoms with Crippen LogP contribution in [0.2, 0.25) is 0 Å². The predicted molar refractivity (Wildman–Crippen MR) is 152 cm³/mol. The van der Waals surface area contributed by atoms with Gasteiger partial charge in [-0.25, -0.2) is 9.79 Å². The number of hydrogen-bond acceptors (Lipinski definition) is 7. The Morgan fingerprint density at radius 1 is 0.925 bits per heavy atom. The van der Waals surface area contributed by atoms with Crippen molar-refractivity contribution >= 4 is 34.9 Å². The van der Waals surface area contributed by atoms with Crippen LogP contribution in [0, 0.1) is 0 Å². The van der Waals surface area contributed by atoms with Crippen LogP contribution >= 0.6 is 0 Å². The van der Waals surface area contributed by atoms with E-state index in [0.717, 1.165) is 11.1 Å². The van der Waals surface area contributed by atoms with E-state index in [1.54, 1.807) is 19.2 Å². The van der Waals surface area contributed by atoms with Gasteiger partial charge in [0.25, 0.3) is 5.91 Å². The van der Waals surface area contributed by atoms with Crippen LogP contribution in [-0.2, 0) is 9.59 Å². The average Bonchev–Trinajstić information content (AvgIpc) is 3.07. The van der Waals surface area contributed by atoms with Gasteiger partial charge < -0.3 is 35.1 Å². The smallest absolute Gasteiger partial charge is 0.319 e. The van der Waals surface area contributed by atoms with Gasteiger partial charge in [0.05, 0.1) is 38.4 Å². The van der Waals surface area contributed by atoms with E-state index in [2.05, 4.69) is 20.9 Å². The molecule has 2 atom stereocenters. The summed E-state index contributed by atoms with van der Waals surface area (Å²) >= 11 is 0. The molecule has 3 N–H and O–H groups in total. The number of fused-ring (bicyclic) bond motifs is 1. The molecule has 11 nitrogen and oxygen atoms in total. The van der Waals surface area contributed by atoms with E-state index in [4.69, 9.17) is 14.2 Å². The highest BCUT2D eigenvalue weighted by atomic mass is 16.5. The number of hydrogen-bond donors (Lipinski definition) is 3. The lowest BCUT2D eigenvalue weighted by molar-refractivity contribution is -0.128. The summed E-state index contributed by atoms with van der Waals surface area (Å²) in [5.41, 5.74) is 3.16. The number of amides is 4. The van der Waals surface area contributed by atoms with Crippen LogP contribution in [0.25, 0.3) is 0 Å². The first kappa shape index (κ1) is 28.0. The van der Waals surface area contributed by atoms with Crippen molar-refractivity contribution in [2.75, 3.05) is 38.6 Å². The van der Waals surface area contributed by atoms with E-state index >= 15 is 0 Å². The van der Waals surface area contributed by atoms with E-state index in [9.17, 15) is 14.4 Å². The lowest BCUT2D eigenvalue weighted by atomic mass is 10.0. The summed E-state index contributed by atoms with van der Waals surface area (Å²) in [7, 11) is 6.03. The first-order chi connectivity index (χ1) is 19.3. The molecule has 40 heavy (non-hydrogen) atoms. The molecule has 0 fully saturated rings. The van der Waals surface area contributed by atoms with E-state index < -0.39 is 30.1 Å². The Morgan fingerprint density at radius 2 is 1.55 bits per heavy atom. The van der Waals surface area contributed by atoms with Crippen molar-refractivity contribution in [2.45, 2.75) is 19.1 Å². The van der Waals surface area contributed by atoms with Crippen molar-refractivity contribution in [3.05, 3.63) is 77.9 Å². The number of urea groups is 1. The van der Waals surface area contributed by atoms with Crippen molar-refractivity contribution in [2.24, 2.45) is 4.99 Å². The van der Waals surface area contributed by atoms with Crippen LogP contribution in [-0.4, -0.2) is 64.1 Å². The fourth-order valence-electron chi connectivity index (χ4n) is 4.28. The number of carbonyl (C=O) groups is 3. The Kier molecular flexibility index (Phi) is 8.53. The highest BCUT2D eigenvalue weighted by Gasteiger charge is 2.32. The second-order valence-corrected chi connectivity index (χ2v) is 8.90. The maximum atomic E-state index is 13.3. The van der Waals surface area contributed by atoms with Crippen molar-refractivity contribution in [1.29, 1.82) is 0 Å². The third-order valence-corrected chi connectivity index (χ3v) is 6.33. The van der Waals surface area contributed by atoms with E-state index in [1.165, 1.54) is 33.2 Å². The fourth-order valence-corrected chi connectivity index (χ4v) is 4.28. The lowest BCUT2D eigenvalue weighted by Gasteiger charge is -2.22. The molecule has 4 rings (SSSR count). The number of likely N-dealkylation sites (N-methyl/N-ethyl adjacent to an activating group) is 1. The zero-order valence-electron chi connectivity index (χ0n) is 22.8. The van der Waals surface area contributed by atoms with Crippen LogP contribution in [0.4, 0.5) is 16.2 Å². The fraction of sp³-hybridized carbons (Fsp3) is 0.241. The van der Waals surface area contributed by atoms with Gasteiger partial charge in [0.1, 0.15) is 6.04 Å². The summed E-state index contributed by atoms with van der Waals surface area (Å²) in [5, 5.41) is 7.90. The van der Waals surface area contributed by atoms with Gasteiger partial charge in [0.2, 0.25) is 17.8 Å². The van der Waals surface area contributed by atoms with Crippen LogP contribution in [0.3, 0.4) is 0 Å². The van der Waals surface area contributed by atoms with Crippen LogP contribution in [0.5, 0.6) is 17.2 Å². The Labute approximate surface area is 232 Å². The number of anilines is 2. The average molecular weight is 546 g/mol. The Hall–Kier alpha value is -5.06. The number of nitrogens with zero attached hydrogens (tertiary/aromatic N) is 2. The summed E-state index contributed by atoms with van der Waals surface area (Å²) < 4.78 is 15.9. The number of rotatable bonds is 8. The Morgan fingerprint density at radius 3 is 2.17 bits per heavy atom. The summed E-state index contributed by atoms with van der Waals surface area (Å²) in [6.07, 6.45) is -1.21. The highest BCUT2D eigenvalue weighted by Crippen LogP contribution is 2.39. The summed E-state index contributed by atoms with van der Waals surface area (Å²) in [6.45, 7) is 1.51. The first-order valence-corrected chi connectivity index (χ1v) is 12.5. The van der Waals surface area contributed by atoms with Gasteiger partial charge in [0.15, 0.2) is 11.5 Å². The van der Waals surface area contributed by atoms with Gasteiger partial charge in [0, 0.05) is 30.3 Å². The van der Waals surface area contributed by atoms with Gasteiger partial charge in [-0.1, -0.05) is 48.5 Å². The van der Waals surface area contributed by atoms with E-state index in [0.29, 0.717) is 34.3 Å². The number of benzodiazepines with no additional fused rings is 1. The van der Waals surface area contributed by atoms with Crippen molar-refractivity contribution < 1.29 is 28.6 Å². The third-order valence-electron chi connectivity index (χ3n) is 6.33. The Balaban J connectivity index is 1.51. The van der Waals surface area contributed by atoms with Gasteiger partial charge in [-0.05, 0) is 13.0 Å². The molecule has 0 aliphatic carbocycles. The molecule has 1 aliphatic heterocycles. The van der Waals surface area contributed by atoms with Gasteiger partial charge in [-0.15, -0.1) is 0 Å². The normalized spacial score (nSPS) is 15.1. The number of benzene rings is 3. The van der Waals surface area contributed by atoms with E-state index in [-0.39, 0.29) is 0 Å². The zero-order chi connectivity index (χ0) is 28.8. The van der Waals surface area contributed by atoms with Gasteiger partial charge in [-0.2, -0.15) is 0 Å². The predicted octanol–water partition coefficient (Wildman–Crippen LogP) is 3.18. The number of para-hydroxylation sites is 1. The number of carbonyl (C=O) groups excluding carboxylic acids is 3. The number of methoxy groups -OCH3 is 3. The molecule has 4 amide bonds. The molecule has 0 bridgehead atoms. The quantitative estimate of drug-likeness (QED) is 0.399. The lowest BCUT2D eigenvalue weighted by Crippen LogP contribution is -2.52. The summed E-state index contributed by atoms with van der Waals surface area (Å²) in [6, 6.07) is 18.3. The summed E-state index contributed by atoms with van der Waals surface area (Å²) in [5.74, 6) is 0.0769. The molecule has 0 unspecified atom stereocenters. The third kappa shape index (κ3) is 5.83. The van der Waals surface area contributed by atoms with E-state index in [1.807, 2.05) is 54.6 Å². The zero-order valence-corrected chi connectivity index (χ0v) is 22.8. The van der Waals surface area contributed by atoms with Gasteiger partial charge >= 0.3 is 6.03 Å². The van der Waals surface area contributed by atoms with Crippen LogP contribution in [0.1, 0.15) is 18.1 Å². The molecular weight excluding hydrogens is 514 g/mol. The number of ether oxygens (including phenoxy) is 3. The molecule has 3 aromatic carbocycles. The largest absolute Gasteiger partial charge is 0.493 e. The molecule has 0 saturated carbocycles. The minimum Gasteiger partial charge on any atom is -0.493 e. The maximum Gasteiger partial charge on any atom is 0.319 e. The van der Waals surface area contributed by atoms with Crippen molar-refractivity contribution in [3.8, 4) is 17.2 Å². The maximum absolute atomic E-state index is 13.3. The Bertz CT molecular complexity index is 1420. The molecule has 0 aromatic heterocycles. The number of nitrogens with one attached hydrogen (secondary N) is 3. The molecule has 0 radical (unpaired) electrons. The van der Waals surface area contributed by atoms with Crippen molar-refractivity contribution in [1.82, 2.24) is 10.6 Å². The van der Waals surface area contributed by atoms with Gasteiger partial charge in [-0.3, -0.25) is 9.59 Å². The monoisotopic (exact) mass is 545 g/mol. The van der Waals surface area contributed by atoms with Crippen LogP contribution < -0.4 is 35.1 Å². The standard InChI is InChI=1S/C29H31N5O6/c1-17(30-29(37)31-19-15-22(38-3)25(40-5)23(16-19)39-4)27(35)33-26-28(36)34(2)21-14-10-9-13-20(21)24(32-26)18-11-7-6-8-12-18/h6-17,26H,1-5H3,(H,33,35)(H2,30,31,37)/t17-,26+/m0/s1. The molecule has 3 aromatic rings. The van der Waals surface area contributed by atoms with Crippen LogP contribution in [0.15, 0.2) is 71.7 Å². The summed E-state index contributed by atoms with van der Waals surface area (Å²) in [4.78, 5) is 45.3. The second kappa shape index (κ2) is 12.2. The molecule has 208 valence electrons. The molecule has 0 saturated heterocycles. The highest BCUT2D eigenvalue weighted by molar-refractivity contribution is 6.20. The SMILES string of the molecule is COc1cc(NC(=O)N[C@@H](C)C(=O)N[C@H]2N=C(c3ccccc3)c3ccccc3N(C)C2=O)cc(OC)c1OC.